The van der Waals surface area contributed by atoms with Crippen LogP contribution < -0.4 is 11.1 Å². The van der Waals surface area contributed by atoms with Crippen LogP contribution in [0.5, 0.6) is 0 Å². The highest BCUT2D eigenvalue weighted by Crippen LogP contribution is 2.30. The van der Waals surface area contributed by atoms with Gasteiger partial charge in [-0.05, 0) is 42.2 Å². The Bertz CT molecular complexity index is 870. The first-order valence-corrected chi connectivity index (χ1v) is 7.20. The van der Waals surface area contributed by atoms with Crippen LogP contribution >= 0.6 is 0 Å². The molecule has 6 heteroatoms. The second-order valence-corrected chi connectivity index (χ2v) is 5.50. The molecule has 0 fully saturated rings. The van der Waals surface area contributed by atoms with Crippen LogP contribution in [0.2, 0.25) is 0 Å². The standard InChI is InChI=1S/C16H15N5O/c17-13-4-2-9-7-10(1-3-11(9)13)16(22)20-14-5-6-18-15-12(14)8-19-21-15/h1,3,5-8,13H,2,4,17H2,(H2,18,19,20,21,22). The molecule has 0 radical (unpaired) electrons. The van der Waals surface area contributed by atoms with Crippen LogP contribution in [0, 0.1) is 0 Å². The zero-order valence-corrected chi connectivity index (χ0v) is 11.8. The van der Waals surface area contributed by atoms with Gasteiger partial charge in [0.1, 0.15) is 0 Å². The third-order valence-corrected chi connectivity index (χ3v) is 4.13. The molecule has 1 atom stereocenters. The summed E-state index contributed by atoms with van der Waals surface area (Å²) in [7, 11) is 0. The van der Waals surface area contributed by atoms with Crippen molar-refractivity contribution in [3.8, 4) is 0 Å². The number of nitrogens with zero attached hydrogens (tertiary/aromatic N) is 2. The highest BCUT2D eigenvalue weighted by atomic mass is 16.1. The van der Waals surface area contributed by atoms with Crippen molar-refractivity contribution in [1.82, 2.24) is 15.2 Å². The van der Waals surface area contributed by atoms with E-state index in [0.717, 1.165) is 23.8 Å². The summed E-state index contributed by atoms with van der Waals surface area (Å²) in [6.07, 6.45) is 5.16. The quantitative estimate of drug-likeness (QED) is 0.674. The van der Waals surface area contributed by atoms with Crippen LogP contribution in [0.3, 0.4) is 0 Å². The Morgan fingerprint density at radius 3 is 3.18 bits per heavy atom. The Hall–Kier alpha value is -2.73. The number of pyridine rings is 1. The molecule has 1 aliphatic rings. The van der Waals surface area contributed by atoms with E-state index < -0.39 is 0 Å². The first kappa shape index (κ1) is 13.0. The fourth-order valence-electron chi connectivity index (χ4n) is 2.95. The first-order valence-electron chi connectivity index (χ1n) is 7.20. The molecule has 1 aliphatic carbocycles. The van der Waals surface area contributed by atoms with Gasteiger partial charge in [0.05, 0.1) is 17.3 Å². The molecule has 1 unspecified atom stereocenters. The summed E-state index contributed by atoms with van der Waals surface area (Å²) in [5, 5.41) is 10.4. The number of nitrogens with two attached hydrogens (primary N) is 1. The highest BCUT2D eigenvalue weighted by Gasteiger charge is 2.20. The maximum absolute atomic E-state index is 12.5. The van der Waals surface area contributed by atoms with Crippen molar-refractivity contribution in [2.24, 2.45) is 5.73 Å². The maximum Gasteiger partial charge on any atom is 0.255 e. The van der Waals surface area contributed by atoms with E-state index >= 15 is 0 Å². The fourth-order valence-corrected chi connectivity index (χ4v) is 2.95. The number of aryl methyl sites for hydroxylation is 1. The van der Waals surface area contributed by atoms with Crippen LogP contribution in [0.15, 0.2) is 36.7 Å². The predicted molar refractivity (Wildman–Crippen MR) is 83.5 cm³/mol. The van der Waals surface area contributed by atoms with Crippen LogP contribution in [0.1, 0.15) is 33.9 Å². The summed E-state index contributed by atoms with van der Waals surface area (Å²) in [4.78, 5) is 16.6. The molecule has 1 amide bonds. The number of aromatic nitrogens is 3. The third kappa shape index (κ3) is 2.05. The van der Waals surface area contributed by atoms with Crippen LogP contribution in [0.25, 0.3) is 11.0 Å². The maximum atomic E-state index is 12.5. The van der Waals surface area contributed by atoms with E-state index in [0.29, 0.717) is 16.9 Å². The summed E-state index contributed by atoms with van der Waals surface area (Å²) >= 11 is 0. The van der Waals surface area contributed by atoms with Crippen molar-refractivity contribution >= 4 is 22.6 Å². The van der Waals surface area contributed by atoms with Crippen molar-refractivity contribution in [2.75, 3.05) is 5.32 Å². The molecule has 0 bridgehead atoms. The van der Waals surface area contributed by atoms with Gasteiger partial charge >= 0.3 is 0 Å². The van der Waals surface area contributed by atoms with Gasteiger partial charge in [0, 0.05) is 17.8 Å². The fraction of sp³-hybridized carbons (Fsp3) is 0.188. The van der Waals surface area contributed by atoms with Crippen molar-refractivity contribution in [1.29, 1.82) is 0 Å². The second kappa shape index (κ2) is 4.92. The summed E-state index contributed by atoms with van der Waals surface area (Å²) in [6.45, 7) is 0. The Morgan fingerprint density at radius 1 is 1.36 bits per heavy atom. The van der Waals surface area contributed by atoms with Gasteiger partial charge in [0.2, 0.25) is 0 Å². The Balaban J connectivity index is 1.64. The molecule has 110 valence electrons. The minimum absolute atomic E-state index is 0.0952. The lowest BCUT2D eigenvalue weighted by Gasteiger charge is -2.09. The molecule has 2 aromatic heterocycles. The zero-order valence-electron chi connectivity index (χ0n) is 11.8. The normalized spacial score (nSPS) is 16.7. The molecule has 6 nitrogen and oxygen atoms in total. The molecule has 22 heavy (non-hydrogen) atoms. The lowest BCUT2D eigenvalue weighted by Crippen LogP contribution is -2.13. The number of rotatable bonds is 2. The van der Waals surface area contributed by atoms with E-state index in [1.165, 1.54) is 5.56 Å². The average molecular weight is 293 g/mol. The number of carbonyl (C=O) groups is 1. The zero-order chi connectivity index (χ0) is 15.1. The number of benzene rings is 1. The minimum atomic E-state index is -0.142. The van der Waals surface area contributed by atoms with Gasteiger partial charge in [-0.2, -0.15) is 5.10 Å². The predicted octanol–water partition coefficient (Wildman–Crippen LogP) is 2.16. The number of carbonyl (C=O) groups excluding carboxylic acids is 1. The molecule has 4 N–H and O–H groups in total. The third-order valence-electron chi connectivity index (χ3n) is 4.13. The number of aromatic amines is 1. The lowest BCUT2D eigenvalue weighted by molar-refractivity contribution is 0.102. The van der Waals surface area contributed by atoms with Gasteiger partial charge in [0.15, 0.2) is 5.65 Å². The van der Waals surface area contributed by atoms with Crippen molar-refractivity contribution < 1.29 is 4.79 Å². The highest BCUT2D eigenvalue weighted by molar-refractivity contribution is 6.08. The number of hydrogen-bond acceptors (Lipinski definition) is 4. The summed E-state index contributed by atoms with van der Waals surface area (Å²) in [5.74, 6) is -0.142. The average Bonchev–Trinajstić information content (AvgIpc) is 3.14. The second-order valence-electron chi connectivity index (χ2n) is 5.50. The first-order chi connectivity index (χ1) is 10.7. The smallest absolute Gasteiger partial charge is 0.255 e. The van der Waals surface area contributed by atoms with E-state index in [1.54, 1.807) is 18.5 Å². The Kier molecular flexibility index (Phi) is 2.90. The van der Waals surface area contributed by atoms with Gasteiger partial charge in [0.25, 0.3) is 5.91 Å². The number of anilines is 1. The molecular formula is C16H15N5O. The van der Waals surface area contributed by atoms with Crippen LogP contribution in [-0.2, 0) is 6.42 Å². The molecule has 4 rings (SSSR count). The van der Waals surface area contributed by atoms with E-state index in [-0.39, 0.29) is 11.9 Å². The van der Waals surface area contributed by atoms with Crippen LogP contribution in [0.4, 0.5) is 5.69 Å². The molecule has 3 aromatic rings. The van der Waals surface area contributed by atoms with Gasteiger partial charge in [-0.25, -0.2) is 4.98 Å². The van der Waals surface area contributed by atoms with Gasteiger partial charge < -0.3 is 11.1 Å². The van der Waals surface area contributed by atoms with E-state index in [2.05, 4.69) is 20.5 Å². The summed E-state index contributed by atoms with van der Waals surface area (Å²) in [5.41, 5.74) is 10.3. The Morgan fingerprint density at radius 2 is 2.27 bits per heavy atom. The summed E-state index contributed by atoms with van der Waals surface area (Å²) in [6, 6.07) is 7.58. The van der Waals surface area contributed by atoms with Gasteiger partial charge in [-0.15, -0.1) is 0 Å². The number of fused-ring (bicyclic) bond motifs is 2. The number of hydrogen-bond donors (Lipinski definition) is 3. The number of amides is 1. The van der Waals surface area contributed by atoms with E-state index in [4.69, 9.17) is 5.73 Å². The number of nitrogens with one attached hydrogen (secondary N) is 2. The van der Waals surface area contributed by atoms with Gasteiger partial charge in [-0.3, -0.25) is 9.89 Å². The number of H-pyrrole nitrogens is 1. The van der Waals surface area contributed by atoms with Crippen molar-refractivity contribution in [3.05, 3.63) is 53.3 Å². The molecule has 0 aliphatic heterocycles. The molecule has 0 saturated carbocycles. The monoisotopic (exact) mass is 293 g/mol. The largest absolute Gasteiger partial charge is 0.324 e. The van der Waals surface area contributed by atoms with Crippen molar-refractivity contribution in [3.63, 3.8) is 0 Å². The molecule has 0 saturated heterocycles. The van der Waals surface area contributed by atoms with E-state index in [9.17, 15) is 4.79 Å². The molecular weight excluding hydrogens is 278 g/mol. The molecule has 0 spiro atoms. The molecule has 1 aromatic carbocycles. The lowest BCUT2D eigenvalue weighted by atomic mass is 10.0. The van der Waals surface area contributed by atoms with Crippen LogP contribution in [-0.4, -0.2) is 21.1 Å². The molecule has 2 heterocycles. The minimum Gasteiger partial charge on any atom is -0.324 e. The Labute approximate surface area is 126 Å². The van der Waals surface area contributed by atoms with Gasteiger partial charge in [-0.1, -0.05) is 6.07 Å². The topological polar surface area (TPSA) is 96.7 Å². The SMILES string of the molecule is NC1CCc2cc(C(=O)Nc3ccnc4[nH]ncc34)ccc21. The van der Waals surface area contributed by atoms with Crippen molar-refractivity contribution in [2.45, 2.75) is 18.9 Å². The summed E-state index contributed by atoms with van der Waals surface area (Å²) < 4.78 is 0. The van der Waals surface area contributed by atoms with E-state index in [1.807, 2.05) is 18.2 Å².